The molecule has 0 fully saturated rings. The number of ether oxygens (including phenoxy) is 1. The van der Waals surface area contributed by atoms with E-state index in [0.29, 0.717) is 17.7 Å². The molecule has 6 heteroatoms. The zero-order valence-electron chi connectivity index (χ0n) is 10.3. The Bertz CT molecular complexity index is 502. The van der Waals surface area contributed by atoms with E-state index in [9.17, 15) is 12.8 Å². The molecule has 1 rings (SSSR count). The molecule has 0 N–H and O–H groups in total. The van der Waals surface area contributed by atoms with Crippen LogP contribution in [0.4, 0.5) is 4.39 Å². The highest BCUT2D eigenvalue weighted by atomic mass is 35.7. The van der Waals surface area contributed by atoms with E-state index in [2.05, 4.69) is 0 Å². The van der Waals surface area contributed by atoms with E-state index in [1.807, 2.05) is 6.92 Å². The van der Waals surface area contributed by atoms with Crippen molar-refractivity contribution in [2.24, 2.45) is 5.92 Å². The number of hydrogen-bond donors (Lipinski definition) is 0. The lowest BCUT2D eigenvalue weighted by molar-refractivity contribution is 0.257. The summed E-state index contributed by atoms with van der Waals surface area (Å²) in [5.74, 6) is -0.287. The Labute approximate surface area is 111 Å². The lowest BCUT2D eigenvalue weighted by atomic mass is 10.1. The molecule has 0 spiro atoms. The lowest BCUT2D eigenvalue weighted by Crippen LogP contribution is -2.19. The summed E-state index contributed by atoms with van der Waals surface area (Å²) in [6.07, 6.45) is 0.625. The predicted molar refractivity (Wildman–Crippen MR) is 70.1 cm³/mol. The number of aryl methyl sites for hydroxylation is 1. The molecule has 1 aromatic carbocycles. The van der Waals surface area contributed by atoms with Crippen LogP contribution in [0.2, 0.25) is 0 Å². The Morgan fingerprint density at radius 2 is 2.11 bits per heavy atom. The molecule has 0 saturated carbocycles. The van der Waals surface area contributed by atoms with Gasteiger partial charge in [0.15, 0.2) is 0 Å². The summed E-state index contributed by atoms with van der Waals surface area (Å²) in [5, 5.41) is 0. The Morgan fingerprint density at radius 1 is 1.44 bits per heavy atom. The Morgan fingerprint density at radius 3 is 2.61 bits per heavy atom. The first-order valence-electron chi connectivity index (χ1n) is 5.63. The van der Waals surface area contributed by atoms with Crippen LogP contribution in [-0.4, -0.2) is 20.8 Å². The van der Waals surface area contributed by atoms with E-state index >= 15 is 0 Å². The van der Waals surface area contributed by atoms with Crippen molar-refractivity contribution in [3.63, 3.8) is 0 Å². The first kappa shape index (κ1) is 15.2. The van der Waals surface area contributed by atoms with E-state index < -0.39 is 9.05 Å². The maximum Gasteiger partial charge on any atom is 0.232 e. The smallest absolute Gasteiger partial charge is 0.232 e. The van der Waals surface area contributed by atoms with Gasteiger partial charge in [0.25, 0.3) is 0 Å². The fourth-order valence-corrected chi connectivity index (χ4v) is 2.87. The molecule has 0 aromatic heterocycles. The van der Waals surface area contributed by atoms with E-state index in [1.54, 1.807) is 19.1 Å². The monoisotopic (exact) mass is 294 g/mol. The average molecular weight is 295 g/mol. The van der Waals surface area contributed by atoms with Gasteiger partial charge in [-0.15, -0.1) is 0 Å². The lowest BCUT2D eigenvalue weighted by Gasteiger charge is -2.14. The van der Waals surface area contributed by atoms with Crippen molar-refractivity contribution in [1.82, 2.24) is 0 Å². The minimum atomic E-state index is -3.54. The molecule has 0 heterocycles. The van der Waals surface area contributed by atoms with Gasteiger partial charge in [-0.25, -0.2) is 12.8 Å². The second kappa shape index (κ2) is 6.38. The topological polar surface area (TPSA) is 43.4 Å². The van der Waals surface area contributed by atoms with Crippen LogP contribution in [-0.2, 0) is 9.05 Å². The Hall–Kier alpha value is -0.810. The Kier molecular flexibility index (Phi) is 5.41. The van der Waals surface area contributed by atoms with E-state index in [1.165, 1.54) is 6.07 Å². The van der Waals surface area contributed by atoms with Crippen molar-refractivity contribution in [1.29, 1.82) is 0 Å². The van der Waals surface area contributed by atoms with Crippen molar-refractivity contribution in [3.8, 4) is 5.75 Å². The molecule has 18 heavy (non-hydrogen) atoms. The van der Waals surface area contributed by atoms with Crippen molar-refractivity contribution in [2.75, 3.05) is 12.4 Å². The van der Waals surface area contributed by atoms with Crippen molar-refractivity contribution in [3.05, 3.63) is 29.6 Å². The van der Waals surface area contributed by atoms with Crippen molar-refractivity contribution < 1.29 is 17.5 Å². The highest BCUT2D eigenvalue weighted by Gasteiger charge is 2.16. The fraction of sp³-hybridized carbons (Fsp3) is 0.500. The van der Waals surface area contributed by atoms with Gasteiger partial charge in [0.05, 0.1) is 12.4 Å². The minimum absolute atomic E-state index is 0.139. The minimum Gasteiger partial charge on any atom is -0.493 e. The van der Waals surface area contributed by atoms with Gasteiger partial charge >= 0.3 is 0 Å². The van der Waals surface area contributed by atoms with Crippen LogP contribution in [0.1, 0.15) is 18.9 Å². The number of rotatable bonds is 6. The molecular weight excluding hydrogens is 279 g/mol. The SMILES string of the molecule is CCC(COc1ccc(C)c(F)c1)CS(=O)(=O)Cl. The largest absolute Gasteiger partial charge is 0.493 e. The van der Waals surface area contributed by atoms with Gasteiger partial charge in [-0.1, -0.05) is 13.0 Å². The zero-order valence-corrected chi connectivity index (χ0v) is 11.9. The normalized spacial score (nSPS) is 13.3. The van der Waals surface area contributed by atoms with Crippen LogP contribution in [0.15, 0.2) is 18.2 Å². The molecule has 102 valence electrons. The zero-order chi connectivity index (χ0) is 13.8. The number of hydrogen-bond acceptors (Lipinski definition) is 3. The molecule has 0 saturated heterocycles. The first-order valence-corrected chi connectivity index (χ1v) is 8.11. The standard InChI is InChI=1S/C12H16ClFO3S/c1-3-10(8-18(13,15)16)7-17-11-5-4-9(2)12(14)6-11/h4-6,10H,3,7-8H2,1-2H3. The van der Waals surface area contributed by atoms with Gasteiger partial charge in [-0.05, 0) is 25.0 Å². The van der Waals surface area contributed by atoms with Gasteiger partial charge in [0.2, 0.25) is 9.05 Å². The summed E-state index contributed by atoms with van der Waals surface area (Å²) in [6, 6.07) is 4.56. The van der Waals surface area contributed by atoms with Crippen molar-refractivity contribution in [2.45, 2.75) is 20.3 Å². The molecule has 0 aliphatic rings. The van der Waals surface area contributed by atoms with E-state index in [-0.39, 0.29) is 24.1 Å². The molecule has 0 amide bonds. The maximum atomic E-state index is 13.3. The third-order valence-corrected chi connectivity index (χ3v) is 3.89. The van der Waals surface area contributed by atoms with E-state index in [0.717, 1.165) is 0 Å². The average Bonchev–Trinajstić information content (AvgIpc) is 2.27. The molecular formula is C12H16ClFO3S. The highest BCUT2D eigenvalue weighted by Crippen LogP contribution is 2.18. The van der Waals surface area contributed by atoms with Gasteiger partial charge in [0.1, 0.15) is 11.6 Å². The Balaban J connectivity index is 2.60. The summed E-state index contributed by atoms with van der Waals surface area (Å²) in [4.78, 5) is 0. The van der Waals surface area contributed by atoms with Gasteiger partial charge in [-0.3, -0.25) is 0 Å². The molecule has 0 aliphatic heterocycles. The molecule has 3 nitrogen and oxygen atoms in total. The molecule has 0 aliphatic carbocycles. The number of halogens is 2. The number of benzene rings is 1. The van der Waals surface area contributed by atoms with Crippen LogP contribution in [0.5, 0.6) is 5.75 Å². The molecule has 0 radical (unpaired) electrons. The first-order chi connectivity index (χ1) is 8.31. The van der Waals surface area contributed by atoms with Crippen LogP contribution in [0.25, 0.3) is 0 Å². The fourth-order valence-electron chi connectivity index (χ4n) is 1.44. The van der Waals surface area contributed by atoms with Crippen LogP contribution in [0, 0.1) is 18.7 Å². The summed E-state index contributed by atoms with van der Waals surface area (Å²) >= 11 is 0. The van der Waals surface area contributed by atoms with Crippen LogP contribution >= 0.6 is 10.7 Å². The molecule has 1 atom stereocenters. The quantitative estimate of drug-likeness (QED) is 0.757. The van der Waals surface area contributed by atoms with Gasteiger partial charge in [0, 0.05) is 22.7 Å². The highest BCUT2D eigenvalue weighted by molar-refractivity contribution is 8.13. The predicted octanol–water partition coefficient (Wildman–Crippen LogP) is 3.11. The third kappa shape index (κ3) is 5.23. The maximum absolute atomic E-state index is 13.3. The summed E-state index contributed by atoms with van der Waals surface area (Å²) in [5.41, 5.74) is 0.540. The summed E-state index contributed by atoms with van der Waals surface area (Å²) in [6.45, 7) is 3.71. The molecule has 0 bridgehead atoms. The molecule has 1 aromatic rings. The summed E-state index contributed by atoms with van der Waals surface area (Å²) < 4.78 is 40.6. The summed E-state index contributed by atoms with van der Waals surface area (Å²) in [7, 11) is 1.65. The second-order valence-electron chi connectivity index (χ2n) is 4.20. The van der Waals surface area contributed by atoms with Crippen LogP contribution in [0.3, 0.4) is 0 Å². The third-order valence-electron chi connectivity index (χ3n) is 2.64. The second-order valence-corrected chi connectivity index (χ2v) is 7.02. The van der Waals surface area contributed by atoms with Gasteiger partial charge < -0.3 is 4.74 Å². The van der Waals surface area contributed by atoms with Crippen molar-refractivity contribution >= 4 is 19.7 Å². The molecule has 1 unspecified atom stereocenters. The van der Waals surface area contributed by atoms with Gasteiger partial charge in [-0.2, -0.15) is 0 Å². The van der Waals surface area contributed by atoms with E-state index in [4.69, 9.17) is 15.4 Å². The van der Waals surface area contributed by atoms with Crippen LogP contribution < -0.4 is 4.74 Å².